The van der Waals surface area contributed by atoms with Crippen molar-refractivity contribution in [3.05, 3.63) is 98.9 Å². The van der Waals surface area contributed by atoms with Crippen LogP contribution in [0.2, 0.25) is 0 Å². The maximum absolute atomic E-state index is 13.8. The molecule has 2 aliphatic heterocycles. The summed E-state index contributed by atoms with van der Waals surface area (Å²) < 4.78 is 20.0. The average Bonchev–Trinajstić information content (AvgIpc) is 3.55. The number of Topliss-reactive ketones (excluding diaryl/α,β-unsaturated/α-hetero) is 1. The van der Waals surface area contributed by atoms with Gasteiger partial charge in [-0.05, 0) is 66.6 Å². The molecule has 3 heterocycles. The number of nitrogens with zero attached hydrogens (tertiary/aromatic N) is 3. The fourth-order valence-electron chi connectivity index (χ4n) is 4.84. The number of benzene rings is 3. The smallest absolute Gasteiger partial charge is 0.301 e. The summed E-state index contributed by atoms with van der Waals surface area (Å²) in [6.45, 7) is 1.92. The van der Waals surface area contributed by atoms with Crippen LogP contribution in [-0.4, -0.2) is 32.8 Å². The standard InChI is InChI=1S/C27H18FN3O6S/c1-13-10-16-11-15(4-9-20(16)37-13)24(32)22-23(14-2-6-18(7-3-14)31(35)36)30(26(34)25(22)33)27-29-19-8-5-17(28)12-21(19)38-27/h2-9,11-13,23,32H,10H2,1H3/b24-22-. The van der Waals surface area contributed by atoms with E-state index in [9.17, 15) is 29.2 Å². The molecule has 1 aromatic heterocycles. The Hall–Kier alpha value is -4.64. The van der Waals surface area contributed by atoms with Gasteiger partial charge in [0.15, 0.2) is 5.13 Å². The van der Waals surface area contributed by atoms with E-state index >= 15 is 0 Å². The van der Waals surface area contributed by atoms with Gasteiger partial charge in [-0.2, -0.15) is 0 Å². The lowest BCUT2D eigenvalue weighted by Crippen LogP contribution is -2.29. The molecule has 1 fully saturated rings. The molecule has 6 rings (SSSR count). The van der Waals surface area contributed by atoms with Crippen molar-refractivity contribution in [1.29, 1.82) is 0 Å². The van der Waals surface area contributed by atoms with Gasteiger partial charge >= 0.3 is 5.91 Å². The molecule has 2 atom stereocenters. The Morgan fingerprint density at radius 1 is 1.16 bits per heavy atom. The zero-order chi connectivity index (χ0) is 26.7. The number of anilines is 1. The van der Waals surface area contributed by atoms with Crippen LogP contribution in [0.3, 0.4) is 0 Å². The summed E-state index contributed by atoms with van der Waals surface area (Å²) in [7, 11) is 0. The highest BCUT2D eigenvalue weighted by Crippen LogP contribution is 2.45. The number of ketones is 1. The molecule has 3 aromatic carbocycles. The maximum atomic E-state index is 13.8. The van der Waals surface area contributed by atoms with Crippen molar-refractivity contribution in [2.75, 3.05) is 4.90 Å². The summed E-state index contributed by atoms with van der Waals surface area (Å²) in [5, 5.41) is 22.7. The summed E-state index contributed by atoms with van der Waals surface area (Å²) in [6.07, 6.45) is 0.593. The number of non-ortho nitro benzene ring substituents is 1. The van der Waals surface area contributed by atoms with Gasteiger partial charge in [0.05, 0.1) is 26.8 Å². The normalized spacial score (nSPS) is 20.1. The predicted octanol–water partition coefficient (Wildman–Crippen LogP) is 5.29. The summed E-state index contributed by atoms with van der Waals surface area (Å²) in [6, 6.07) is 13.3. The largest absolute Gasteiger partial charge is 0.507 e. The van der Waals surface area contributed by atoms with Gasteiger partial charge in [0.1, 0.15) is 23.4 Å². The molecular formula is C27H18FN3O6S. The fourth-order valence-corrected chi connectivity index (χ4v) is 5.85. The van der Waals surface area contributed by atoms with E-state index in [1.807, 2.05) is 6.92 Å². The minimum Gasteiger partial charge on any atom is -0.507 e. The number of nitro benzene ring substituents is 1. The second kappa shape index (κ2) is 8.73. The van der Waals surface area contributed by atoms with E-state index in [1.54, 1.807) is 18.2 Å². The molecule has 0 aliphatic carbocycles. The number of aliphatic hydroxyl groups excluding tert-OH is 1. The number of ether oxygens (including phenoxy) is 1. The van der Waals surface area contributed by atoms with E-state index in [4.69, 9.17) is 4.74 Å². The summed E-state index contributed by atoms with van der Waals surface area (Å²) in [5.74, 6) is -2.03. The number of amides is 1. The Morgan fingerprint density at radius 2 is 1.92 bits per heavy atom. The van der Waals surface area contributed by atoms with Crippen molar-refractivity contribution >= 4 is 49.8 Å². The summed E-state index contributed by atoms with van der Waals surface area (Å²) >= 11 is 1.02. The lowest BCUT2D eigenvalue weighted by molar-refractivity contribution is -0.384. The van der Waals surface area contributed by atoms with E-state index in [0.717, 1.165) is 21.8 Å². The molecule has 0 spiro atoms. The van der Waals surface area contributed by atoms with Gasteiger partial charge in [-0.25, -0.2) is 9.37 Å². The van der Waals surface area contributed by atoms with Crippen molar-refractivity contribution < 1.29 is 28.7 Å². The lowest BCUT2D eigenvalue weighted by atomic mass is 9.94. The number of rotatable bonds is 4. The topological polar surface area (TPSA) is 123 Å². The zero-order valence-electron chi connectivity index (χ0n) is 19.8. The van der Waals surface area contributed by atoms with E-state index in [-0.39, 0.29) is 28.3 Å². The summed E-state index contributed by atoms with van der Waals surface area (Å²) in [4.78, 5) is 43.0. The van der Waals surface area contributed by atoms with Crippen molar-refractivity contribution in [3.8, 4) is 5.75 Å². The molecule has 0 bridgehead atoms. The molecule has 11 heteroatoms. The number of hydrogen-bond donors (Lipinski definition) is 1. The lowest BCUT2D eigenvalue weighted by Gasteiger charge is -2.23. The van der Waals surface area contributed by atoms with Gasteiger partial charge in [-0.15, -0.1) is 0 Å². The molecule has 0 saturated carbocycles. The molecule has 2 aliphatic rings. The Labute approximate surface area is 218 Å². The quantitative estimate of drug-likeness (QED) is 0.125. The SMILES string of the molecule is CC1Cc2cc(/C(O)=C3/C(=O)C(=O)N(c4nc5ccc(F)cc5s4)C3c3ccc([N+](=O)[O-])cc3)ccc2O1. The number of halogens is 1. The van der Waals surface area contributed by atoms with Crippen LogP contribution in [-0.2, 0) is 16.0 Å². The molecule has 1 N–H and O–H groups in total. The highest BCUT2D eigenvalue weighted by molar-refractivity contribution is 7.22. The fraction of sp³-hybridized carbons (Fsp3) is 0.148. The number of carbonyl (C=O) groups excluding carboxylic acids is 2. The van der Waals surface area contributed by atoms with Crippen LogP contribution in [0.25, 0.3) is 16.0 Å². The second-order valence-electron chi connectivity index (χ2n) is 9.08. The highest BCUT2D eigenvalue weighted by Gasteiger charge is 2.48. The summed E-state index contributed by atoms with van der Waals surface area (Å²) in [5.41, 5.74) is 1.63. The van der Waals surface area contributed by atoms with Crippen molar-refractivity contribution in [1.82, 2.24) is 4.98 Å². The molecule has 38 heavy (non-hydrogen) atoms. The van der Waals surface area contributed by atoms with Crippen molar-refractivity contribution in [2.24, 2.45) is 0 Å². The molecule has 190 valence electrons. The van der Waals surface area contributed by atoms with Crippen LogP contribution < -0.4 is 9.64 Å². The minimum absolute atomic E-state index is 0.0306. The maximum Gasteiger partial charge on any atom is 0.301 e. The van der Waals surface area contributed by atoms with Crippen LogP contribution in [0.4, 0.5) is 15.2 Å². The van der Waals surface area contributed by atoms with Gasteiger partial charge < -0.3 is 9.84 Å². The number of carbonyl (C=O) groups is 2. The predicted molar refractivity (Wildman–Crippen MR) is 138 cm³/mol. The first-order valence-electron chi connectivity index (χ1n) is 11.6. The average molecular weight is 532 g/mol. The van der Waals surface area contributed by atoms with E-state index in [0.29, 0.717) is 33.5 Å². The third kappa shape index (κ3) is 3.79. The van der Waals surface area contributed by atoms with Crippen LogP contribution in [0.5, 0.6) is 5.75 Å². The van der Waals surface area contributed by atoms with E-state index in [1.165, 1.54) is 42.5 Å². The Balaban J connectivity index is 1.53. The third-order valence-corrected chi connectivity index (χ3v) is 7.60. The molecular weight excluding hydrogens is 513 g/mol. The molecule has 2 unspecified atom stereocenters. The Morgan fingerprint density at radius 3 is 2.66 bits per heavy atom. The number of thiazole rings is 1. The number of nitro groups is 1. The molecule has 4 aromatic rings. The van der Waals surface area contributed by atoms with Crippen molar-refractivity contribution in [2.45, 2.75) is 25.5 Å². The van der Waals surface area contributed by atoms with Gasteiger partial charge in [0.25, 0.3) is 11.5 Å². The first-order chi connectivity index (χ1) is 18.2. The Bertz CT molecular complexity index is 1700. The number of fused-ring (bicyclic) bond motifs is 2. The van der Waals surface area contributed by atoms with Gasteiger partial charge in [-0.3, -0.25) is 24.6 Å². The van der Waals surface area contributed by atoms with E-state index < -0.39 is 28.5 Å². The molecule has 9 nitrogen and oxygen atoms in total. The Kier molecular flexibility index (Phi) is 5.46. The second-order valence-corrected chi connectivity index (χ2v) is 10.1. The van der Waals surface area contributed by atoms with Crippen LogP contribution in [0, 0.1) is 15.9 Å². The zero-order valence-corrected chi connectivity index (χ0v) is 20.6. The van der Waals surface area contributed by atoms with Crippen LogP contribution in [0.15, 0.2) is 66.2 Å². The van der Waals surface area contributed by atoms with Gasteiger partial charge in [-0.1, -0.05) is 11.3 Å². The molecule has 1 amide bonds. The minimum atomic E-state index is -1.12. The molecule has 0 radical (unpaired) electrons. The highest BCUT2D eigenvalue weighted by atomic mass is 32.1. The van der Waals surface area contributed by atoms with Crippen molar-refractivity contribution in [3.63, 3.8) is 0 Å². The monoisotopic (exact) mass is 531 g/mol. The first kappa shape index (κ1) is 23.7. The molecule has 1 saturated heterocycles. The van der Waals surface area contributed by atoms with Gasteiger partial charge in [0, 0.05) is 24.1 Å². The van der Waals surface area contributed by atoms with Crippen LogP contribution >= 0.6 is 11.3 Å². The number of aromatic nitrogens is 1. The number of hydrogen-bond acceptors (Lipinski definition) is 8. The van der Waals surface area contributed by atoms with Gasteiger partial charge in [0.2, 0.25) is 0 Å². The van der Waals surface area contributed by atoms with E-state index in [2.05, 4.69) is 4.98 Å². The number of aliphatic hydroxyl groups is 1. The first-order valence-corrected chi connectivity index (χ1v) is 12.4. The van der Waals surface area contributed by atoms with Crippen LogP contribution in [0.1, 0.15) is 29.7 Å². The third-order valence-electron chi connectivity index (χ3n) is 6.58.